The average molecular weight is 375 g/mol. The predicted octanol–water partition coefficient (Wildman–Crippen LogP) is 3.19. The monoisotopic (exact) mass is 374 g/mol. The van der Waals surface area contributed by atoms with Crippen molar-refractivity contribution in [1.82, 2.24) is 9.55 Å². The Morgan fingerprint density at radius 3 is 2.72 bits per heavy atom. The maximum absolute atomic E-state index is 13.1. The Labute approximate surface area is 154 Å². The van der Waals surface area contributed by atoms with E-state index in [1.807, 2.05) is 24.5 Å². The molecule has 0 saturated heterocycles. The van der Waals surface area contributed by atoms with Crippen molar-refractivity contribution >= 4 is 33.5 Å². The minimum Gasteiger partial charge on any atom is -0.868 e. The van der Waals surface area contributed by atoms with Crippen molar-refractivity contribution in [1.29, 1.82) is 0 Å². The molecule has 0 aliphatic carbocycles. The van der Waals surface area contributed by atoms with Crippen molar-refractivity contribution in [3.8, 4) is 5.75 Å². The highest BCUT2D eigenvalue weighted by molar-refractivity contribution is 7.96. The first-order valence-electron chi connectivity index (χ1n) is 8.09. The Morgan fingerprint density at radius 1 is 1.24 bits per heavy atom. The number of nitrogens with zero attached hydrogens (tertiary/aromatic N) is 2. The van der Waals surface area contributed by atoms with Gasteiger partial charge in [-0.2, -0.15) is 0 Å². The van der Waals surface area contributed by atoms with E-state index in [2.05, 4.69) is 11.9 Å². The van der Waals surface area contributed by atoms with E-state index in [9.17, 15) is 9.90 Å². The third-order valence-corrected chi connectivity index (χ3v) is 6.52. The Morgan fingerprint density at radius 2 is 2.00 bits per heavy atom. The maximum atomic E-state index is 13.1. The number of pyridine rings is 2. The first-order chi connectivity index (χ1) is 12.0. The van der Waals surface area contributed by atoms with Gasteiger partial charge in [0.2, 0.25) is 4.90 Å². The van der Waals surface area contributed by atoms with E-state index in [1.165, 1.54) is 0 Å². The highest BCUT2D eigenvalue weighted by atomic mass is 35.5. The summed E-state index contributed by atoms with van der Waals surface area (Å²) < 4.78 is 1.58. The molecule has 3 aromatic rings. The van der Waals surface area contributed by atoms with Crippen LogP contribution in [0.15, 0.2) is 52.3 Å². The first-order valence-corrected chi connectivity index (χ1v) is 10.3. The molecule has 3 rings (SSSR count). The fourth-order valence-electron chi connectivity index (χ4n) is 2.89. The lowest BCUT2D eigenvalue weighted by atomic mass is 10.2. The second kappa shape index (κ2) is 7.50. The van der Waals surface area contributed by atoms with E-state index in [1.54, 1.807) is 29.0 Å². The van der Waals surface area contributed by atoms with Gasteiger partial charge in [-0.05, 0) is 29.9 Å². The quantitative estimate of drug-likeness (QED) is 0.644. The SMILES string of the molecule is CCC[S+](C)c1c([O-])c2cccnc2n(Cc2ccccc2Cl)c1=O. The summed E-state index contributed by atoms with van der Waals surface area (Å²) in [6.45, 7) is 2.35. The molecular formula is C19H19ClN2O2S. The fraction of sp³-hybridized carbons (Fsp3) is 0.263. The van der Waals surface area contributed by atoms with Crippen LogP contribution in [0.1, 0.15) is 18.9 Å². The molecule has 2 heterocycles. The van der Waals surface area contributed by atoms with E-state index < -0.39 is 10.9 Å². The second-order valence-electron chi connectivity index (χ2n) is 5.86. The number of hydrogen-bond acceptors (Lipinski definition) is 3. The summed E-state index contributed by atoms with van der Waals surface area (Å²) in [7, 11) is -0.393. The van der Waals surface area contributed by atoms with E-state index in [0.717, 1.165) is 17.7 Å². The Bertz CT molecular complexity index is 971. The van der Waals surface area contributed by atoms with Crippen LogP contribution in [0.4, 0.5) is 0 Å². The van der Waals surface area contributed by atoms with Gasteiger partial charge in [-0.25, -0.2) is 4.98 Å². The van der Waals surface area contributed by atoms with Crippen LogP contribution >= 0.6 is 11.6 Å². The highest BCUT2D eigenvalue weighted by Crippen LogP contribution is 2.27. The fourth-order valence-corrected chi connectivity index (χ4v) is 4.73. The van der Waals surface area contributed by atoms with Crippen LogP contribution in [0.5, 0.6) is 5.75 Å². The van der Waals surface area contributed by atoms with Gasteiger partial charge in [0.25, 0.3) is 0 Å². The molecule has 1 unspecified atom stereocenters. The molecule has 130 valence electrons. The van der Waals surface area contributed by atoms with E-state index >= 15 is 0 Å². The summed E-state index contributed by atoms with van der Waals surface area (Å²) in [5.41, 5.74) is 0.986. The lowest BCUT2D eigenvalue weighted by Gasteiger charge is -2.18. The molecule has 0 radical (unpaired) electrons. The van der Waals surface area contributed by atoms with E-state index in [4.69, 9.17) is 11.6 Å². The largest absolute Gasteiger partial charge is 0.868 e. The number of rotatable bonds is 5. The van der Waals surface area contributed by atoms with Crippen LogP contribution in [0.3, 0.4) is 0 Å². The molecule has 0 aliphatic heterocycles. The minimum atomic E-state index is -0.393. The molecule has 1 aromatic carbocycles. The van der Waals surface area contributed by atoms with Gasteiger partial charge in [0.15, 0.2) is 0 Å². The van der Waals surface area contributed by atoms with Gasteiger partial charge >= 0.3 is 5.56 Å². The van der Waals surface area contributed by atoms with E-state index in [0.29, 0.717) is 27.5 Å². The molecular weight excluding hydrogens is 356 g/mol. The molecule has 4 nitrogen and oxygen atoms in total. The lowest BCUT2D eigenvalue weighted by Crippen LogP contribution is -2.30. The van der Waals surface area contributed by atoms with Gasteiger partial charge in [0.1, 0.15) is 17.7 Å². The normalized spacial score (nSPS) is 12.4. The summed E-state index contributed by atoms with van der Waals surface area (Å²) in [4.78, 5) is 17.8. The summed E-state index contributed by atoms with van der Waals surface area (Å²) >= 11 is 6.27. The summed E-state index contributed by atoms with van der Waals surface area (Å²) in [5, 5.41) is 13.9. The molecule has 0 spiro atoms. The predicted molar refractivity (Wildman–Crippen MR) is 103 cm³/mol. The average Bonchev–Trinajstić information content (AvgIpc) is 2.60. The Balaban J connectivity index is 2.26. The Kier molecular flexibility index (Phi) is 5.35. The molecule has 6 heteroatoms. The third kappa shape index (κ3) is 3.39. The van der Waals surface area contributed by atoms with Crippen molar-refractivity contribution in [2.45, 2.75) is 24.8 Å². The van der Waals surface area contributed by atoms with Crippen molar-refractivity contribution < 1.29 is 5.11 Å². The van der Waals surface area contributed by atoms with E-state index in [-0.39, 0.29) is 11.3 Å². The van der Waals surface area contributed by atoms with Crippen molar-refractivity contribution in [2.24, 2.45) is 0 Å². The van der Waals surface area contributed by atoms with Gasteiger partial charge in [-0.15, -0.1) is 0 Å². The highest BCUT2D eigenvalue weighted by Gasteiger charge is 2.24. The van der Waals surface area contributed by atoms with Crippen LogP contribution in [0, 0.1) is 0 Å². The molecule has 0 bridgehead atoms. The summed E-state index contributed by atoms with van der Waals surface area (Å²) in [6.07, 6.45) is 4.49. The molecule has 0 amide bonds. The molecule has 25 heavy (non-hydrogen) atoms. The van der Waals surface area contributed by atoms with Crippen molar-refractivity contribution in [3.05, 3.63) is 63.5 Å². The topological polar surface area (TPSA) is 58.0 Å². The van der Waals surface area contributed by atoms with Crippen LogP contribution in [0.25, 0.3) is 11.0 Å². The van der Waals surface area contributed by atoms with Crippen LogP contribution < -0.4 is 10.7 Å². The maximum Gasteiger partial charge on any atom is 0.307 e. The van der Waals surface area contributed by atoms with Crippen molar-refractivity contribution in [3.63, 3.8) is 0 Å². The molecule has 1 atom stereocenters. The van der Waals surface area contributed by atoms with Crippen LogP contribution in [-0.4, -0.2) is 21.6 Å². The number of halogens is 1. The zero-order chi connectivity index (χ0) is 18.0. The number of fused-ring (bicyclic) bond motifs is 1. The van der Waals surface area contributed by atoms with Gasteiger partial charge in [0, 0.05) is 27.5 Å². The zero-order valence-electron chi connectivity index (χ0n) is 14.2. The van der Waals surface area contributed by atoms with Gasteiger partial charge in [0.05, 0.1) is 6.54 Å². The molecule has 0 saturated carbocycles. The molecule has 0 N–H and O–H groups in total. The lowest BCUT2D eigenvalue weighted by molar-refractivity contribution is -0.270. The summed E-state index contributed by atoms with van der Waals surface area (Å²) in [6, 6.07) is 10.9. The molecule has 0 fully saturated rings. The number of benzene rings is 1. The third-order valence-electron chi connectivity index (χ3n) is 4.08. The summed E-state index contributed by atoms with van der Waals surface area (Å²) in [5.74, 6) is 0.630. The second-order valence-corrected chi connectivity index (χ2v) is 8.35. The molecule has 2 aromatic heterocycles. The minimum absolute atomic E-state index is 0.192. The standard InChI is InChI=1S/C19H19ClN2O2S/c1-3-11-25(2)17-16(23)14-8-6-10-21-18(14)22(19(17)24)12-13-7-4-5-9-15(13)20/h4-10H,3,11-12H2,1-2H3. The van der Waals surface area contributed by atoms with Crippen molar-refractivity contribution in [2.75, 3.05) is 12.0 Å². The zero-order valence-corrected chi connectivity index (χ0v) is 15.7. The van der Waals surface area contributed by atoms with Gasteiger partial charge < -0.3 is 5.11 Å². The first kappa shape index (κ1) is 17.8. The smallest absolute Gasteiger partial charge is 0.307 e. The number of hydrogen-bond donors (Lipinski definition) is 0. The Hall–Kier alpha value is -1.98. The number of aromatic nitrogens is 2. The van der Waals surface area contributed by atoms with Crippen LogP contribution in [0.2, 0.25) is 5.02 Å². The molecule has 0 aliphatic rings. The van der Waals surface area contributed by atoms with Gasteiger partial charge in [-0.3, -0.25) is 9.36 Å². The van der Waals surface area contributed by atoms with Gasteiger partial charge in [-0.1, -0.05) is 42.8 Å². The van der Waals surface area contributed by atoms with Crippen LogP contribution in [-0.2, 0) is 17.4 Å².